The van der Waals surface area contributed by atoms with Gasteiger partial charge in [0.1, 0.15) is 0 Å². The number of fused-ring (bicyclic) bond motifs is 1. The summed E-state index contributed by atoms with van der Waals surface area (Å²) >= 11 is 0. The minimum Gasteiger partial charge on any atom is -0.322 e. The number of Topliss-reactive ketones (excluding diaryl/α,β-unsaturated/α-hetero) is 1. The van der Waals surface area contributed by atoms with Crippen molar-refractivity contribution >= 4 is 11.7 Å². The Hall–Kier alpha value is -2.24. The van der Waals surface area contributed by atoms with Crippen molar-refractivity contribution in [1.82, 2.24) is 15.1 Å². The maximum atomic E-state index is 12.2. The molecule has 1 aliphatic carbocycles. The average Bonchev–Trinajstić information content (AvgIpc) is 2.91. The molecule has 0 saturated carbocycles. The molecule has 0 bridgehead atoms. The highest BCUT2D eigenvalue weighted by Crippen LogP contribution is 2.29. The van der Waals surface area contributed by atoms with Crippen molar-refractivity contribution in [1.29, 1.82) is 0 Å². The minimum absolute atomic E-state index is 0.00433. The van der Waals surface area contributed by atoms with Crippen LogP contribution in [0.5, 0.6) is 0 Å². The number of nitrogens with zero attached hydrogens (tertiary/aromatic N) is 2. The van der Waals surface area contributed by atoms with Gasteiger partial charge in [-0.15, -0.1) is 0 Å². The standard InChI is InChI=1S/C19H21N3O2/c23-18-17-15(20-19(18)24)7-4-8-16(17)22-11-9-21(10-12-22)13-14-5-2-1-3-6-14/h1-8,16-17H,9-13H2,(H,20,24). The molecule has 2 saturated heterocycles. The van der Waals surface area contributed by atoms with Crippen molar-refractivity contribution in [2.24, 2.45) is 5.92 Å². The molecule has 5 nitrogen and oxygen atoms in total. The molecule has 24 heavy (non-hydrogen) atoms. The number of benzene rings is 1. The number of ketones is 1. The van der Waals surface area contributed by atoms with Crippen LogP contribution in [0.15, 0.2) is 54.3 Å². The third-order valence-corrected chi connectivity index (χ3v) is 5.10. The summed E-state index contributed by atoms with van der Waals surface area (Å²) in [6.07, 6.45) is 5.85. The van der Waals surface area contributed by atoms with Gasteiger partial charge in [0.05, 0.1) is 5.92 Å². The molecule has 1 aromatic carbocycles. The number of carbonyl (C=O) groups excluding carboxylic acids is 2. The molecular formula is C19H21N3O2. The molecule has 2 heterocycles. The monoisotopic (exact) mass is 323 g/mol. The molecule has 2 atom stereocenters. The molecule has 124 valence electrons. The first-order valence-corrected chi connectivity index (χ1v) is 8.46. The van der Waals surface area contributed by atoms with Crippen molar-refractivity contribution in [2.75, 3.05) is 26.2 Å². The van der Waals surface area contributed by atoms with E-state index in [9.17, 15) is 9.59 Å². The predicted molar refractivity (Wildman–Crippen MR) is 90.9 cm³/mol. The molecule has 4 rings (SSSR count). The Kier molecular flexibility index (Phi) is 4.04. The smallest absolute Gasteiger partial charge is 0.292 e. The molecule has 0 radical (unpaired) electrons. The first kappa shape index (κ1) is 15.3. The van der Waals surface area contributed by atoms with Gasteiger partial charge in [-0.2, -0.15) is 0 Å². The fraction of sp³-hybridized carbons (Fsp3) is 0.368. The number of piperazine rings is 1. The van der Waals surface area contributed by atoms with Crippen LogP contribution < -0.4 is 5.32 Å². The maximum Gasteiger partial charge on any atom is 0.292 e. The quantitative estimate of drug-likeness (QED) is 0.841. The second-order valence-corrected chi connectivity index (χ2v) is 6.59. The van der Waals surface area contributed by atoms with Crippen LogP contribution in [0.3, 0.4) is 0 Å². The summed E-state index contributed by atoms with van der Waals surface area (Å²) in [6, 6.07) is 10.5. The topological polar surface area (TPSA) is 52.7 Å². The Labute approximate surface area is 141 Å². The number of allylic oxidation sites excluding steroid dienone is 2. The van der Waals surface area contributed by atoms with Crippen molar-refractivity contribution in [3.8, 4) is 0 Å². The van der Waals surface area contributed by atoms with Crippen LogP contribution >= 0.6 is 0 Å². The summed E-state index contributed by atoms with van der Waals surface area (Å²) in [5.74, 6) is -1.12. The molecule has 1 amide bonds. The van der Waals surface area contributed by atoms with Crippen molar-refractivity contribution < 1.29 is 9.59 Å². The van der Waals surface area contributed by atoms with Crippen LogP contribution in [-0.2, 0) is 16.1 Å². The van der Waals surface area contributed by atoms with E-state index < -0.39 is 5.91 Å². The van der Waals surface area contributed by atoms with E-state index in [1.807, 2.05) is 18.2 Å². The highest BCUT2D eigenvalue weighted by Gasteiger charge is 2.44. The van der Waals surface area contributed by atoms with Gasteiger partial charge in [-0.05, 0) is 11.6 Å². The molecule has 1 aromatic rings. The third kappa shape index (κ3) is 2.81. The van der Waals surface area contributed by atoms with Gasteiger partial charge in [0, 0.05) is 44.5 Å². The zero-order chi connectivity index (χ0) is 16.5. The second-order valence-electron chi connectivity index (χ2n) is 6.59. The van der Waals surface area contributed by atoms with Gasteiger partial charge in [-0.1, -0.05) is 42.5 Å². The minimum atomic E-state index is -0.470. The Morgan fingerprint density at radius 3 is 2.54 bits per heavy atom. The lowest BCUT2D eigenvalue weighted by molar-refractivity contribution is -0.137. The summed E-state index contributed by atoms with van der Waals surface area (Å²) in [7, 11) is 0. The molecule has 2 unspecified atom stereocenters. The van der Waals surface area contributed by atoms with Crippen molar-refractivity contribution in [3.05, 3.63) is 59.8 Å². The Bertz CT molecular complexity index is 703. The zero-order valence-electron chi connectivity index (χ0n) is 13.5. The summed E-state index contributed by atoms with van der Waals surface area (Å²) in [4.78, 5) is 28.6. The van der Waals surface area contributed by atoms with Crippen LogP contribution in [0, 0.1) is 5.92 Å². The fourth-order valence-electron chi connectivity index (χ4n) is 3.82. The summed E-state index contributed by atoms with van der Waals surface area (Å²) in [6.45, 7) is 4.73. The highest BCUT2D eigenvalue weighted by molar-refractivity contribution is 6.40. The van der Waals surface area contributed by atoms with E-state index >= 15 is 0 Å². The van der Waals surface area contributed by atoms with E-state index in [0.717, 1.165) is 38.4 Å². The molecule has 2 aliphatic heterocycles. The van der Waals surface area contributed by atoms with Gasteiger partial charge < -0.3 is 5.32 Å². The molecule has 0 aromatic heterocycles. The van der Waals surface area contributed by atoms with E-state index in [-0.39, 0.29) is 17.7 Å². The molecule has 1 N–H and O–H groups in total. The number of hydrogen-bond donors (Lipinski definition) is 1. The Balaban J connectivity index is 1.39. The second kappa shape index (κ2) is 6.34. The van der Waals surface area contributed by atoms with E-state index in [2.05, 4.69) is 45.5 Å². The Morgan fingerprint density at radius 2 is 1.79 bits per heavy atom. The predicted octanol–water partition coefficient (Wildman–Crippen LogP) is 0.942. The van der Waals surface area contributed by atoms with Crippen LogP contribution in [0.25, 0.3) is 0 Å². The van der Waals surface area contributed by atoms with Crippen molar-refractivity contribution in [3.63, 3.8) is 0 Å². The van der Waals surface area contributed by atoms with Gasteiger partial charge in [0.15, 0.2) is 0 Å². The van der Waals surface area contributed by atoms with Crippen LogP contribution in [0.4, 0.5) is 0 Å². The van der Waals surface area contributed by atoms with Crippen LogP contribution in [0.2, 0.25) is 0 Å². The van der Waals surface area contributed by atoms with Crippen LogP contribution in [-0.4, -0.2) is 53.7 Å². The number of hydrogen-bond acceptors (Lipinski definition) is 4. The molecule has 3 aliphatic rings. The van der Waals surface area contributed by atoms with Gasteiger partial charge in [0.2, 0.25) is 5.78 Å². The van der Waals surface area contributed by atoms with E-state index in [1.165, 1.54) is 5.56 Å². The average molecular weight is 323 g/mol. The summed E-state index contributed by atoms with van der Waals surface area (Å²) in [5, 5.41) is 2.70. The number of nitrogens with one attached hydrogen (secondary N) is 1. The first-order valence-electron chi connectivity index (χ1n) is 8.46. The molecular weight excluding hydrogens is 302 g/mol. The van der Waals surface area contributed by atoms with E-state index in [4.69, 9.17) is 0 Å². The van der Waals surface area contributed by atoms with Gasteiger partial charge in [-0.3, -0.25) is 19.4 Å². The number of carbonyl (C=O) groups is 2. The lowest BCUT2D eigenvalue weighted by atomic mass is 9.89. The van der Waals surface area contributed by atoms with Gasteiger partial charge >= 0.3 is 0 Å². The lowest BCUT2D eigenvalue weighted by Gasteiger charge is -2.40. The zero-order valence-corrected chi connectivity index (χ0v) is 13.5. The highest BCUT2D eigenvalue weighted by atomic mass is 16.2. The van der Waals surface area contributed by atoms with Gasteiger partial charge in [-0.25, -0.2) is 0 Å². The third-order valence-electron chi connectivity index (χ3n) is 5.10. The van der Waals surface area contributed by atoms with E-state index in [0.29, 0.717) is 0 Å². The fourth-order valence-corrected chi connectivity index (χ4v) is 3.82. The van der Waals surface area contributed by atoms with Gasteiger partial charge in [0.25, 0.3) is 5.91 Å². The number of amides is 1. The lowest BCUT2D eigenvalue weighted by Crippen LogP contribution is -2.52. The SMILES string of the molecule is O=C1NC2=CC=CC(N3CCN(Cc4ccccc4)CC3)C2C1=O. The Morgan fingerprint density at radius 1 is 1.04 bits per heavy atom. The molecule has 0 spiro atoms. The number of rotatable bonds is 3. The largest absolute Gasteiger partial charge is 0.322 e. The van der Waals surface area contributed by atoms with Crippen LogP contribution in [0.1, 0.15) is 5.56 Å². The molecule has 5 heteroatoms. The normalized spacial score (nSPS) is 27.8. The van der Waals surface area contributed by atoms with Crippen molar-refractivity contribution in [2.45, 2.75) is 12.6 Å². The molecule has 2 fully saturated rings. The first-order chi connectivity index (χ1) is 11.7. The van der Waals surface area contributed by atoms with E-state index in [1.54, 1.807) is 0 Å². The summed E-state index contributed by atoms with van der Waals surface area (Å²) < 4.78 is 0. The summed E-state index contributed by atoms with van der Waals surface area (Å²) in [5.41, 5.74) is 2.08. The maximum absolute atomic E-state index is 12.2.